The molecule has 18 heavy (non-hydrogen) atoms. The van der Waals surface area contributed by atoms with Crippen LogP contribution in [0.3, 0.4) is 0 Å². The van der Waals surface area contributed by atoms with E-state index in [0.29, 0.717) is 0 Å². The molecule has 1 amide bonds. The van der Waals surface area contributed by atoms with E-state index in [-0.39, 0.29) is 12.3 Å². The first-order valence-corrected chi connectivity index (χ1v) is 5.44. The van der Waals surface area contributed by atoms with E-state index >= 15 is 0 Å². The first kappa shape index (κ1) is 12.2. The molecule has 0 bridgehead atoms. The van der Waals surface area contributed by atoms with Crippen LogP contribution in [0.2, 0.25) is 0 Å². The van der Waals surface area contributed by atoms with Gasteiger partial charge < -0.3 is 4.74 Å². The highest BCUT2D eigenvalue weighted by Crippen LogP contribution is 2.24. The number of hydrogen-bond acceptors (Lipinski definition) is 4. The number of nitrogens with zero attached hydrogens (tertiary/aromatic N) is 2. The first-order valence-electron chi connectivity index (χ1n) is 5.44. The molecule has 94 valence electrons. The van der Waals surface area contributed by atoms with Gasteiger partial charge in [0.15, 0.2) is 5.92 Å². The smallest absolute Gasteiger partial charge is 0.324 e. The minimum Gasteiger partial charge on any atom is -0.465 e. The predicted molar refractivity (Wildman–Crippen MR) is 62.5 cm³/mol. The molecule has 0 spiro atoms. The predicted octanol–water partition coefficient (Wildman–Crippen LogP) is 1.34. The average Bonchev–Trinajstić information content (AvgIpc) is 2.72. The van der Waals surface area contributed by atoms with E-state index in [4.69, 9.17) is 4.74 Å². The summed E-state index contributed by atoms with van der Waals surface area (Å²) in [7, 11) is 0. The highest BCUT2D eigenvalue weighted by Gasteiger charge is 2.37. The number of esters is 1. The van der Waals surface area contributed by atoms with Crippen LogP contribution in [0.5, 0.6) is 0 Å². The third kappa shape index (κ3) is 2.09. The summed E-state index contributed by atoms with van der Waals surface area (Å²) >= 11 is 0. The minimum absolute atomic E-state index is 0.0190. The van der Waals surface area contributed by atoms with Gasteiger partial charge in [0.25, 0.3) is 5.91 Å². The number of carbonyl (C=O) groups is 2. The summed E-state index contributed by atoms with van der Waals surface area (Å²) in [5.74, 6) is -2.96. The Morgan fingerprint density at radius 3 is 2.89 bits per heavy atom. The van der Waals surface area contributed by atoms with E-state index in [2.05, 4.69) is 5.10 Å². The van der Waals surface area contributed by atoms with Crippen LogP contribution in [0.15, 0.2) is 29.4 Å². The molecule has 1 heterocycles. The van der Waals surface area contributed by atoms with E-state index in [1.165, 1.54) is 18.2 Å². The van der Waals surface area contributed by atoms with Crippen LogP contribution in [0.25, 0.3) is 0 Å². The van der Waals surface area contributed by atoms with Crippen molar-refractivity contribution in [2.24, 2.45) is 11.0 Å². The van der Waals surface area contributed by atoms with E-state index in [0.717, 1.165) is 11.2 Å². The molecule has 1 aromatic rings. The van der Waals surface area contributed by atoms with Crippen molar-refractivity contribution < 1.29 is 18.7 Å². The van der Waals surface area contributed by atoms with E-state index in [9.17, 15) is 14.0 Å². The van der Waals surface area contributed by atoms with Crippen molar-refractivity contribution in [2.45, 2.75) is 6.92 Å². The maximum Gasteiger partial charge on any atom is 0.324 e. The second-order valence-electron chi connectivity index (χ2n) is 3.60. The third-order valence-corrected chi connectivity index (χ3v) is 2.43. The Bertz CT molecular complexity index is 516. The molecular formula is C12H11FN2O3. The highest BCUT2D eigenvalue weighted by molar-refractivity contribution is 6.19. The Kier molecular flexibility index (Phi) is 3.36. The van der Waals surface area contributed by atoms with Crippen molar-refractivity contribution in [2.75, 3.05) is 11.6 Å². The van der Waals surface area contributed by atoms with Gasteiger partial charge in [-0.3, -0.25) is 9.59 Å². The molecule has 0 saturated carbocycles. The Balaban J connectivity index is 2.21. The van der Waals surface area contributed by atoms with E-state index < -0.39 is 23.6 Å². The number of para-hydroxylation sites is 1. The number of anilines is 1. The van der Waals surface area contributed by atoms with Gasteiger partial charge in [0.05, 0.1) is 6.61 Å². The van der Waals surface area contributed by atoms with Gasteiger partial charge in [-0.2, -0.15) is 10.1 Å². The second kappa shape index (κ2) is 4.95. The number of amides is 1. The van der Waals surface area contributed by atoms with Gasteiger partial charge in [0.1, 0.15) is 11.5 Å². The molecule has 1 unspecified atom stereocenters. The van der Waals surface area contributed by atoms with Crippen molar-refractivity contribution >= 4 is 23.8 Å². The van der Waals surface area contributed by atoms with Crippen LogP contribution in [0, 0.1) is 11.7 Å². The van der Waals surface area contributed by atoms with Crippen LogP contribution in [-0.4, -0.2) is 24.7 Å². The Labute approximate surface area is 103 Å². The largest absolute Gasteiger partial charge is 0.465 e. The topological polar surface area (TPSA) is 59.0 Å². The lowest BCUT2D eigenvalue weighted by atomic mass is 10.1. The number of carbonyl (C=O) groups excluding carboxylic acids is 2. The quantitative estimate of drug-likeness (QED) is 0.600. The summed E-state index contributed by atoms with van der Waals surface area (Å²) in [6, 6.07) is 5.72. The fraction of sp³-hybridized carbons (Fsp3) is 0.250. The van der Waals surface area contributed by atoms with Crippen molar-refractivity contribution in [3.8, 4) is 0 Å². The molecule has 5 nitrogen and oxygen atoms in total. The number of rotatable bonds is 3. The number of halogens is 1. The Morgan fingerprint density at radius 2 is 2.22 bits per heavy atom. The summed E-state index contributed by atoms with van der Waals surface area (Å²) in [4.78, 5) is 23.4. The van der Waals surface area contributed by atoms with Crippen molar-refractivity contribution in [1.29, 1.82) is 0 Å². The van der Waals surface area contributed by atoms with Crippen LogP contribution in [-0.2, 0) is 14.3 Å². The minimum atomic E-state index is -1.09. The molecule has 6 heteroatoms. The van der Waals surface area contributed by atoms with E-state index in [1.807, 2.05) is 0 Å². The van der Waals surface area contributed by atoms with Gasteiger partial charge in [-0.1, -0.05) is 12.1 Å². The normalized spacial score (nSPS) is 18.2. The summed E-state index contributed by atoms with van der Waals surface area (Å²) in [5.41, 5.74) is 0.0190. The molecule has 0 N–H and O–H groups in total. The number of ether oxygens (including phenoxy) is 1. The van der Waals surface area contributed by atoms with Crippen molar-refractivity contribution in [3.05, 3.63) is 30.1 Å². The number of benzene rings is 1. The standard InChI is InChI=1S/C12H11FN2O3/c1-2-18-12(17)8-7-14-15(11(8)16)10-6-4-3-5-9(10)13/h3-8H,2H2,1H3. The van der Waals surface area contributed by atoms with Gasteiger partial charge in [0.2, 0.25) is 0 Å². The maximum atomic E-state index is 13.5. The molecule has 1 atom stereocenters. The van der Waals surface area contributed by atoms with Crippen molar-refractivity contribution in [3.63, 3.8) is 0 Å². The van der Waals surface area contributed by atoms with Crippen molar-refractivity contribution in [1.82, 2.24) is 0 Å². The Hall–Kier alpha value is -2.24. The maximum absolute atomic E-state index is 13.5. The molecule has 0 aliphatic carbocycles. The molecule has 2 rings (SSSR count). The number of hydrazone groups is 1. The molecule has 1 aromatic carbocycles. The summed E-state index contributed by atoms with van der Waals surface area (Å²) < 4.78 is 18.2. The van der Waals surface area contributed by atoms with Gasteiger partial charge in [-0.25, -0.2) is 4.39 Å². The molecule has 1 aliphatic heterocycles. The van der Waals surface area contributed by atoms with Gasteiger partial charge in [0, 0.05) is 6.21 Å². The lowest BCUT2D eigenvalue weighted by Crippen LogP contribution is -2.32. The monoisotopic (exact) mass is 250 g/mol. The third-order valence-electron chi connectivity index (χ3n) is 2.43. The summed E-state index contributed by atoms with van der Waals surface area (Å²) in [6.07, 6.45) is 1.16. The molecule has 1 aliphatic rings. The zero-order valence-corrected chi connectivity index (χ0v) is 9.67. The van der Waals surface area contributed by atoms with E-state index in [1.54, 1.807) is 13.0 Å². The zero-order chi connectivity index (χ0) is 13.1. The average molecular weight is 250 g/mol. The highest BCUT2D eigenvalue weighted by atomic mass is 19.1. The van der Waals surface area contributed by atoms with Crippen LogP contribution < -0.4 is 5.01 Å². The fourth-order valence-electron chi connectivity index (χ4n) is 1.58. The molecule has 0 aromatic heterocycles. The lowest BCUT2D eigenvalue weighted by molar-refractivity contribution is -0.147. The Morgan fingerprint density at radius 1 is 1.50 bits per heavy atom. The SMILES string of the molecule is CCOC(=O)C1C=NN(c2ccccc2F)C1=O. The summed E-state index contributed by atoms with van der Waals surface area (Å²) in [5, 5.41) is 4.62. The van der Waals surface area contributed by atoms with Crippen LogP contribution >= 0.6 is 0 Å². The second-order valence-corrected chi connectivity index (χ2v) is 3.60. The molecule has 0 saturated heterocycles. The first-order chi connectivity index (χ1) is 8.65. The van der Waals surface area contributed by atoms with Gasteiger partial charge >= 0.3 is 5.97 Å². The molecule has 0 fully saturated rings. The zero-order valence-electron chi connectivity index (χ0n) is 9.67. The molecular weight excluding hydrogens is 239 g/mol. The van der Waals surface area contributed by atoms with Gasteiger partial charge in [-0.05, 0) is 19.1 Å². The lowest BCUT2D eigenvalue weighted by Gasteiger charge is -2.14. The van der Waals surface area contributed by atoms with Gasteiger partial charge in [-0.15, -0.1) is 0 Å². The van der Waals surface area contributed by atoms with Crippen LogP contribution in [0.1, 0.15) is 6.92 Å². The fourth-order valence-corrected chi connectivity index (χ4v) is 1.58. The molecule has 0 radical (unpaired) electrons. The number of hydrogen-bond donors (Lipinski definition) is 0. The summed E-state index contributed by atoms with van der Waals surface area (Å²) in [6.45, 7) is 1.82. The van der Waals surface area contributed by atoms with Crippen LogP contribution in [0.4, 0.5) is 10.1 Å².